The molecule has 2 fully saturated rings. The van der Waals surface area contributed by atoms with E-state index < -0.39 is 4.92 Å². The molecule has 1 saturated heterocycles. The highest BCUT2D eigenvalue weighted by Gasteiger charge is 2.50. The third-order valence-corrected chi connectivity index (χ3v) is 7.44. The molecule has 4 atom stereocenters. The SMILES string of the molecule is C[C@@H]1CC[C@@H]2C(=O)N(c3ccc(N[C@H](Cc4ccccc4)c4ccccc4)c([N+](=O)[O-])c3)C(=O)[C@H]2C1. The van der Waals surface area contributed by atoms with Crippen LogP contribution in [0.25, 0.3) is 0 Å². The number of rotatable bonds is 7. The van der Waals surface area contributed by atoms with E-state index in [4.69, 9.17) is 0 Å². The van der Waals surface area contributed by atoms with Crippen LogP contribution in [0.2, 0.25) is 0 Å². The number of amides is 2. The first-order valence-corrected chi connectivity index (χ1v) is 12.4. The maximum absolute atomic E-state index is 13.1. The summed E-state index contributed by atoms with van der Waals surface area (Å²) < 4.78 is 0. The standard InChI is InChI=1S/C29H29N3O4/c1-19-12-14-23-24(16-19)29(34)31(28(23)33)22-13-15-25(27(18-22)32(35)36)30-26(21-10-6-3-7-11-21)17-20-8-4-2-5-9-20/h2-11,13,15,18-19,23-24,26,30H,12,14,16-17H2,1H3/t19-,23+,24+,26-/m1/s1. The Morgan fingerprint density at radius 3 is 2.31 bits per heavy atom. The summed E-state index contributed by atoms with van der Waals surface area (Å²) in [5, 5.41) is 15.5. The van der Waals surface area contributed by atoms with Gasteiger partial charge >= 0.3 is 0 Å². The second kappa shape index (κ2) is 9.93. The second-order valence-electron chi connectivity index (χ2n) is 9.90. The number of nitrogens with one attached hydrogen (secondary N) is 1. The Morgan fingerprint density at radius 2 is 1.61 bits per heavy atom. The molecule has 2 aliphatic rings. The van der Waals surface area contributed by atoms with Gasteiger partial charge in [0.15, 0.2) is 0 Å². The summed E-state index contributed by atoms with van der Waals surface area (Å²) in [5.74, 6) is -0.732. The number of carbonyl (C=O) groups excluding carboxylic acids is 2. The molecule has 1 N–H and O–H groups in total. The zero-order valence-electron chi connectivity index (χ0n) is 20.2. The largest absolute Gasteiger partial charge is 0.372 e. The van der Waals surface area contributed by atoms with Gasteiger partial charge in [0, 0.05) is 6.07 Å². The molecule has 3 aromatic carbocycles. The lowest BCUT2D eigenvalue weighted by Crippen LogP contribution is -2.31. The van der Waals surface area contributed by atoms with Crippen molar-refractivity contribution < 1.29 is 14.5 Å². The van der Waals surface area contributed by atoms with Gasteiger partial charge in [-0.1, -0.05) is 67.6 Å². The van der Waals surface area contributed by atoms with Gasteiger partial charge in [-0.2, -0.15) is 0 Å². The fraction of sp³-hybridized carbons (Fsp3) is 0.310. The minimum Gasteiger partial charge on any atom is -0.372 e. The normalized spacial score (nSPS) is 22.2. The number of nitro benzene ring substituents is 1. The highest BCUT2D eigenvalue weighted by atomic mass is 16.6. The molecule has 3 aromatic rings. The van der Waals surface area contributed by atoms with E-state index in [9.17, 15) is 19.7 Å². The first kappa shape index (κ1) is 23.7. The highest BCUT2D eigenvalue weighted by molar-refractivity contribution is 6.22. The van der Waals surface area contributed by atoms with Crippen LogP contribution >= 0.6 is 0 Å². The number of benzene rings is 3. The van der Waals surface area contributed by atoms with Crippen LogP contribution in [0.5, 0.6) is 0 Å². The van der Waals surface area contributed by atoms with Crippen LogP contribution in [0.15, 0.2) is 78.9 Å². The van der Waals surface area contributed by atoms with E-state index in [1.807, 2.05) is 60.7 Å². The molecule has 0 radical (unpaired) electrons. The van der Waals surface area contributed by atoms with Crippen molar-refractivity contribution in [2.45, 2.75) is 38.6 Å². The average Bonchev–Trinajstić information content (AvgIpc) is 3.13. The maximum Gasteiger partial charge on any atom is 0.294 e. The summed E-state index contributed by atoms with van der Waals surface area (Å²) >= 11 is 0. The lowest BCUT2D eigenvalue weighted by Gasteiger charge is -2.25. The van der Waals surface area contributed by atoms with Crippen LogP contribution in [0.1, 0.15) is 43.4 Å². The minimum atomic E-state index is -0.462. The number of hydrogen-bond donors (Lipinski definition) is 1. The summed E-state index contributed by atoms with van der Waals surface area (Å²) in [7, 11) is 0. The molecule has 2 amide bonds. The summed E-state index contributed by atoms with van der Waals surface area (Å²) in [6.45, 7) is 2.10. The molecule has 184 valence electrons. The predicted octanol–water partition coefficient (Wildman–Crippen LogP) is 5.92. The van der Waals surface area contributed by atoms with Crippen molar-refractivity contribution >= 4 is 28.9 Å². The fourth-order valence-electron chi connectivity index (χ4n) is 5.55. The van der Waals surface area contributed by atoms with Gasteiger partial charge in [0.1, 0.15) is 5.69 Å². The third-order valence-electron chi connectivity index (χ3n) is 7.44. The van der Waals surface area contributed by atoms with Crippen LogP contribution in [-0.4, -0.2) is 16.7 Å². The Morgan fingerprint density at radius 1 is 0.944 bits per heavy atom. The quantitative estimate of drug-likeness (QED) is 0.256. The van der Waals surface area contributed by atoms with Gasteiger partial charge in [0.2, 0.25) is 11.8 Å². The van der Waals surface area contributed by atoms with Gasteiger partial charge in [-0.25, -0.2) is 4.90 Å². The molecule has 36 heavy (non-hydrogen) atoms. The molecule has 0 bridgehead atoms. The van der Waals surface area contributed by atoms with Crippen LogP contribution < -0.4 is 10.2 Å². The van der Waals surface area contributed by atoms with E-state index in [-0.39, 0.29) is 41.1 Å². The number of nitrogens with zero attached hydrogens (tertiary/aromatic N) is 2. The molecule has 0 unspecified atom stereocenters. The monoisotopic (exact) mass is 483 g/mol. The highest BCUT2D eigenvalue weighted by Crippen LogP contribution is 2.43. The van der Waals surface area contributed by atoms with Crippen molar-refractivity contribution in [2.24, 2.45) is 17.8 Å². The Kier molecular flexibility index (Phi) is 6.55. The molecule has 0 spiro atoms. The van der Waals surface area contributed by atoms with E-state index >= 15 is 0 Å². The lowest BCUT2D eigenvalue weighted by atomic mass is 9.76. The van der Waals surface area contributed by atoms with E-state index in [2.05, 4.69) is 12.2 Å². The first-order chi connectivity index (χ1) is 17.4. The Bertz CT molecular complexity index is 1280. The van der Waals surface area contributed by atoms with Crippen LogP contribution in [0.3, 0.4) is 0 Å². The Hall–Kier alpha value is -4.00. The number of anilines is 2. The van der Waals surface area contributed by atoms with Gasteiger partial charge in [0.05, 0.1) is 28.5 Å². The number of hydrogen-bond acceptors (Lipinski definition) is 5. The van der Waals surface area contributed by atoms with E-state index in [1.165, 1.54) is 11.0 Å². The summed E-state index contributed by atoms with van der Waals surface area (Å²) in [5.41, 5.74) is 2.55. The number of nitro groups is 1. The summed E-state index contributed by atoms with van der Waals surface area (Å²) in [6.07, 6.45) is 2.92. The van der Waals surface area contributed by atoms with Gasteiger partial charge < -0.3 is 5.32 Å². The van der Waals surface area contributed by atoms with Crippen molar-refractivity contribution in [3.8, 4) is 0 Å². The smallest absolute Gasteiger partial charge is 0.294 e. The number of fused-ring (bicyclic) bond motifs is 1. The van der Waals surface area contributed by atoms with Crippen LogP contribution in [-0.2, 0) is 16.0 Å². The van der Waals surface area contributed by atoms with Crippen molar-refractivity contribution in [3.05, 3.63) is 100 Å². The second-order valence-corrected chi connectivity index (χ2v) is 9.90. The lowest BCUT2D eigenvalue weighted by molar-refractivity contribution is -0.383. The molecule has 1 saturated carbocycles. The number of carbonyl (C=O) groups is 2. The zero-order chi connectivity index (χ0) is 25.2. The van der Waals surface area contributed by atoms with Gasteiger partial charge in [-0.05, 0) is 54.9 Å². The van der Waals surface area contributed by atoms with E-state index in [0.717, 1.165) is 17.5 Å². The molecule has 7 nitrogen and oxygen atoms in total. The molecule has 1 heterocycles. The molecular weight excluding hydrogens is 454 g/mol. The Balaban J connectivity index is 1.46. The zero-order valence-corrected chi connectivity index (χ0v) is 20.2. The molecular formula is C29H29N3O4. The van der Waals surface area contributed by atoms with E-state index in [0.29, 0.717) is 30.9 Å². The van der Waals surface area contributed by atoms with Crippen molar-refractivity contribution in [2.75, 3.05) is 10.2 Å². The summed E-state index contributed by atoms with van der Waals surface area (Å²) in [4.78, 5) is 39.1. The molecule has 5 rings (SSSR count). The third kappa shape index (κ3) is 4.61. The van der Waals surface area contributed by atoms with Gasteiger partial charge in [-0.3, -0.25) is 19.7 Å². The van der Waals surface area contributed by atoms with Crippen molar-refractivity contribution in [3.63, 3.8) is 0 Å². The average molecular weight is 484 g/mol. The topological polar surface area (TPSA) is 92.6 Å². The predicted molar refractivity (Wildman–Crippen MR) is 139 cm³/mol. The van der Waals surface area contributed by atoms with Crippen LogP contribution in [0.4, 0.5) is 17.1 Å². The minimum absolute atomic E-state index is 0.162. The van der Waals surface area contributed by atoms with E-state index in [1.54, 1.807) is 12.1 Å². The molecule has 1 aliphatic heterocycles. The van der Waals surface area contributed by atoms with Crippen molar-refractivity contribution in [1.29, 1.82) is 0 Å². The molecule has 0 aromatic heterocycles. The van der Waals surface area contributed by atoms with Crippen LogP contribution in [0, 0.1) is 27.9 Å². The first-order valence-electron chi connectivity index (χ1n) is 12.4. The Labute approximate surface area is 210 Å². The van der Waals surface area contributed by atoms with Gasteiger partial charge in [-0.15, -0.1) is 0 Å². The summed E-state index contributed by atoms with van der Waals surface area (Å²) in [6, 6.07) is 24.1. The molecule has 1 aliphatic carbocycles. The fourth-order valence-corrected chi connectivity index (χ4v) is 5.55. The van der Waals surface area contributed by atoms with Crippen molar-refractivity contribution in [1.82, 2.24) is 0 Å². The maximum atomic E-state index is 13.1. The number of imide groups is 1. The molecule has 7 heteroatoms. The van der Waals surface area contributed by atoms with Gasteiger partial charge in [0.25, 0.3) is 5.69 Å².